The summed E-state index contributed by atoms with van der Waals surface area (Å²) in [5.74, 6) is 0. The van der Waals surface area contributed by atoms with Crippen molar-refractivity contribution >= 4 is 44.4 Å². The van der Waals surface area contributed by atoms with E-state index in [-0.39, 0.29) is 0 Å². The van der Waals surface area contributed by atoms with Gasteiger partial charge in [0.1, 0.15) is 0 Å². The molecule has 2 N–H and O–H groups in total. The molecule has 0 saturated heterocycles. The number of nitrogens with zero attached hydrogens (tertiary/aromatic N) is 4. The van der Waals surface area contributed by atoms with Crippen molar-refractivity contribution in [3.8, 4) is 0 Å². The molecule has 0 aromatic carbocycles. The number of aryl methyl sites for hydroxylation is 4. The van der Waals surface area contributed by atoms with E-state index in [9.17, 15) is 0 Å². The molecule has 0 unspecified atom stereocenters. The predicted octanol–water partition coefficient (Wildman–Crippen LogP) is 8.60. The number of rotatable bonds is 10. The van der Waals surface area contributed by atoms with Gasteiger partial charge in [-0.3, -0.25) is 0 Å². The van der Waals surface area contributed by atoms with Crippen molar-refractivity contribution in [2.45, 2.75) is 80.1 Å². The highest BCUT2D eigenvalue weighted by Crippen LogP contribution is 2.38. The molecule has 44 heavy (non-hydrogen) atoms. The molecule has 234 valence electrons. The van der Waals surface area contributed by atoms with Crippen LogP contribution in [0.4, 0.5) is 0 Å². The van der Waals surface area contributed by atoms with Gasteiger partial charge in [-0.2, -0.15) is 0 Å². The molecule has 6 nitrogen and oxygen atoms in total. The summed E-state index contributed by atoms with van der Waals surface area (Å²) >= 11 is 0. The van der Waals surface area contributed by atoms with Crippen LogP contribution in [-0.2, 0) is 12.8 Å². The standard InChI is InChI=1S/C38H52N6/c1-11-27-23(3)31-19-32-25(5)29(15-13-17-43(7)8)37(41-32)22-38-30(16-14-18-44(9)10)26(6)34(42-38)21-36-28(12-2)24(4)33(40-36)20-35(27)39-31/h19-22,39-40H,11-18H2,1-10H3. The predicted molar refractivity (Wildman–Crippen MR) is 190 cm³/mol. The van der Waals surface area contributed by atoms with Crippen LogP contribution in [0.1, 0.15) is 98.4 Å². The first-order valence-electron chi connectivity index (χ1n) is 16.5. The van der Waals surface area contributed by atoms with Crippen molar-refractivity contribution in [3.05, 3.63) is 69.3 Å². The number of hydrogen-bond acceptors (Lipinski definition) is 4. The number of hydrogen-bond donors (Lipinski definition) is 2. The lowest BCUT2D eigenvalue weighted by Gasteiger charge is -2.11. The zero-order valence-electron chi connectivity index (χ0n) is 28.8. The van der Waals surface area contributed by atoms with Crippen LogP contribution in [0.15, 0.2) is 24.3 Å². The molecule has 3 aromatic rings. The Kier molecular flexibility index (Phi) is 9.62. The van der Waals surface area contributed by atoms with Crippen LogP contribution in [0.25, 0.3) is 44.4 Å². The number of aromatic nitrogens is 4. The molecule has 0 aliphatic carbocycles. The number of aromatic amines is 2. The van der Waals surface area contributed by atoms with Gasteiger partial charge in [0, 0.05) is 22.1 Å². The van der Waals surface area contributed by atoms with Gasteiger partial charge in [0.25, 0.3) is 0 Å². The van der Waals surface area contributed by atoms with Gasteiger partial charge in [-0.25, -0.2) is 9.97 Å². The number of nitrogens with one attached hydrogen (secondary N) is 2. The van der Waals surface area contributed by atoms with Crippen LogP contribution in [0.3, 0.4) is 0 Å². The fraction of sp³-hybridized carbons (Fsp3) is 0.474. The van der Waals surface area contributed by atoms with Gasteiger partial charge in [0.15, 0.2) is 0 Å². The molecule has 6 heteroatoms. The molecule has 0 amide bonds. The van der Waals surface area contributed by atoms with Gasteiger partial charge >= 0.3 is 0 Å². The van der Waals surface area contributed by atoms with Crippen molar-refractivity contribution in [3.63, 3.8) is 0 Å². The minimum absolute atomic E-state index is 0.968. The Morgan fingerprint density at radius 3 is 1.39 bits per heavy atom. The Balaban J connectivity index is 1.85. The maximum absolute atomic E-state index is 5.32. The molecular formula is C38H52N6. The first-order valence-corrected chi connectivity index (χ1v) is 16.5. The topological polar surface area (TPSA) is 63.8 Å². The molecule has 0 spiro atoms. The summed E-state index contributed by atoms with van der Waals surface area (Å²) in [6.07, 6.45) is 6.12. The molecule has 5 heterocycles. The van der Waals surface area contributed by atoms with E-state index >= 15 is 0 Å². The van der Waals surface area contributed by atoms with Crippen LogP contribution in [0.5, 0.6) is 0 Å². The zero-order valence-corrected chi connectivity index (χ0v) is 28.8. The fourth-order valence-electron chi connectivity index (χ4n) is 6.90. The molecule has 2 aliphatic rings. The highest BCUT2D eigenvalue weighted by molar-refractivity contribution is 5.95. The highest BCUT2D eigenvalue weighted by atomic mass is 15.0. The third kappa shape index (κ3) is 6.33. The Bertz CT molecular complexity index is 1780. The van der Waals surface area contributed by atoms with E-state index in [1.807, 2.05) is 0 Å². The number of allylic oxidation sites excluding steroid dienone is 4. The molecule has 0 atom stereocenters. The third-order valence-electron chi connectivity index (χ3n) is 9.57. The van der Waals surface area contributed by atoms with Crippen LogP contribution >= 0.6 is 0 Å². The van der Waals surface area contributed by atoms with Gasteiger partial charge < -0.3 is 19.8 Å². The molecule has 0 radical (unpaired) electrons. The Labute approximate surface area is 264 Å². The van der Waals surface area contributed by atoms with E-state index in [0.717, 1.165) is 90.9 Å². The average Bonchev–Trinajstić information content (AvgIpc) is 3.62. The molecule has 5 rings (SSSR count). The largest absolute Gasteiger partial charge is 0.355 e. The Morgan fingerprint density at radius 1 is 0.545 bits per heavy atom. The Hall–Kier alpha value is -3.48. The van der Waals surface area contributed by atoms with Crippen LogP contribution in [0.2, 0.25) is 0 Å². The van der Waals surface area contributed by atoms with E-state index in [1.54, 1.807) is 0 Å². The van der Waals surface area contributed by atoms with Crippen LogP contribution in [0, 0.1) is 13.8 Å². The minimum Gasteiger partial charge on any atom is -0.355 e. The first kappa shape index (κ1) is 31.9. The van der Waals surface area contributed by atoms with E-state index in [4.69, 9.17) is 9.97 Å². The smallest absolute Gasteiger partial charge is 0.0694 e. The quantitative estimate of drug-likeness (QED) is 0.247. The van der Waals surface area contributed by atoms with Crippen molar-refractivity contribution in [1.29, 1.82) is 0 Å². The van der Waals surface area contributed by atoms with Crippen molar-refractivity contribution in [1.82, 2.24) is 29.7 Å². The normalized spacial score (nSPS) is 13.7. The lowest BCUT2D eigenvalue weighted by atomic mass is 9.98. The lowest BCUT2D eigenvalue weighted by Crippen LogP contribution is -2.12. The SMILES string of the molecule is CCc1c(C)c2cc3[nH]c(cc4nc(cc5nc(cc1[nH]2)C(C)=C5CCCN(C)C)C(CCCN(C)C)=C4C)c(C)c3CC. The lowest BCUT2D eigenvalue weighted by molar-refractivity contribution is 0.403. The van der Waals surface area contributed by atoms with Gasteiger partial charge in [-0.05, 0) is 176 Å². The maximum Gasteiger partial charge on any atom is 0.0694 e. The minimum atomic E-state index is 0.968. The van der Waals surface area contributed by atoms with Gasteiger partial charge in [0.05, 0.1) is 22.8 Å². The molecule has 0 saturated carbocycles. The molecule has 2 aliphatic heterocycles. The second-order valence-electron chi connectivity index (χ2n) is 13.2. The number of H-pyrrole nitrogens is 2. The first-order chi connectivity index (χ1) is 21.0. The van der Waals surface area contributed by atoms with Crippen LogP contribution < -0.4 is 0 Å². The van der Waals surface area contributed by atoms with E-state index in [0.29, 0.717) is 0 Å². The summed E-state index contributed by atoms with van der Waals surface area (Å²) in [5.41, 5.74) is 19.5. The second-order valence-corrected chi connectivity index (χ2v) is 13.2. The maximum atomic E-state index is 5.32. The van der Waals surface area contributed by atoms with E-state index in [1.165, 1.54) is 50.1 Å². The van der Waals surface area contributed by atoms with Gasteiger partial charge in [-0.1, -0.05) is 13.8 Å². The molecule has 0 fully saturated rings. The highest BCUT2D eigenvalue weighted by Gasteiger charge is 2.22. The average molecular weight is 593 g/mol. The summed E-state index contributed by atoms with van der Waals surface area (Å²) in [6, 6.07) is 9.14. The number of fused-ring (bicyclic) bond motifs is 8. The Morgan fingerprint density at radius 2 is 0.955 bits per heavy atom. The second kappa shape index (κ2) is 13.3. The van der Waals surface area contributed by atoms with E-state index in [2.05, 4.69) is 114 Å². The van der Waals surface area contributed by atoms with Gasteiger partial charge in [-0.15, -0.1) is 0 Å². The van der Waals surface area contributed by atoms with Crippen LogP contribution in [-0.4, -0.2) is 71.0 Å². The summed E-state index contributed by atoms with van der Waals surface area (Å²) in [4.78, 5) is 22.7. The fourth-order valence-corrected chi connectivity index (χ4v) is 6.90. The van der Waals surface area contributed by atoms with E-state index < -0.39 is 0 Å². The third-order valence-corrected chi connectivity index (χ3v) is 9.57. The summed E-state index contributed by atoms with van der Waals surface area (Å²) in [6.45, 7) is 15.6. The summed E-state index contributed by atoms with van der Waals surface area (Å²) in [7, 11) is 8.60. The molecule has 8 bridgehead atoms. The zero-order chi connectivity index (χ0) is 31.7. The van der Waals surface area contributed by atoms with Crippen molar-refractivity contribution in [2.24, 2.45) is 0 Å². The molecular weight excluding hydrogens is 540 g/mol. The summed E-state index contributed by atoms with van der Waals surface area (Å²) < 4.78 is 0. The monoisotopic (exact) mass is 592 g/mol. The summed E-state index contributed by atoms with van der Waals surface area (Å²) in [5, 5.41) is 0. The molecule has 3 aromatic heterocycles. The van der Waals surface area contributed by atoms with Crippen molar-refractivity contribution in [2.75, 3.05) is 41.3 Å². The van der Waals surface area contributed by atoms with Gasteiger partial charge in [0.2, 0.25) is 0 Å². The van der Waals surface area contributed by atoms with Crippen molar-refractivity contribution < 1.29 is 0 Å².